The lowest BCUT2D eigenvalue weighted by Gasteiger charge is -2.37. The number of alkyl halides is 3. The van der Waals surface area contributed by atoms with Crippen molar-refractivity contribution in [3.63, 3.8) is 0 Å². The predicted molar refractivity (Wildman–Crippen MR) is 130 cm³/mol. The fraction of sp³-hybridized carbons (Fsp3) is 0.250. The van der Waals surface area contributed by atoms with Gasteiger partial charge in [-0.2, -0.15) is 13.2 Å². The van der Waals surface area contributed by atoms with Gasteiger partial charge in [0.1, 0.15) is 5.41 Å². The van der Waals surface area contributed by atoms with E-state index >= 15 is 0 Å². The van der Waals surface area contributed by atoms with E-state index in [0.29, 0.717) is 11.4 Å². The molecule has 3 aromatic carbocycles. The van der Waals surface area contributed by atoms with Crippen molar-refractivity contribution >= 4 is 46.4 Å². The van der Waals surface area contributed by atoms with Gasteiger partial charge in [0.05, 0.1) is 16.0 Å². The van der Waals surface area contributed by atoms with E-state index in [4.69, 9.17) is 23.2 Å². The highest BCUT2D eigenvalue weighted by Crippen LogP contribution is 2.51. The van der Waals surface area contributed by atoms with E-state index < -0.39 is 27.6 Å². The smallest absolute Gasteiger partial charge is 0.297 e. The van der Waals surface area contributed by atoms with Gasteiger partial charge < -0.3 is 0 Å². The van der Waals surface area contributed by atoms with Crippen LogP contribution in [-0.4, -0.2) is 33.6 Å². The van der Waals surface area contributed by atoms with Crippen LogP contribution >= 0.6 is 35.6 Å². The molecule has 1 aliphatic rings. The summed E-state index contributed by atoms with van der Waals surface area (Å²) >= 11 is 12.2. The fourth-order valence-corrected chi connectivity index (χ4v) is 6.70. The summed E-state index contributed by atoms with van der Waals surface area (Å²) in [6, 6.07) is 21.6. The van der Waals surface area contributed by atoms with Crippen molar-refractivity contribution in [2.45, 2.75) is 28.3 Å². The van der Waals surface area contributed by atoms with Crippen molar-refractivity contribution in [1.82, 2.24) is 4.90 Å². The van der Waals surface area contributed by atoms with Crippen LogP contribution < -0.4 is 0 Å². The Kier molecular flexibility index (Phi) is 8.18. The summed E-state index contributed by atoms with van der Waals surface area (Å²) in [7, 11) is -1.91. The molecule has 3 atom stereocenters. The van der Waals surface area contributed by atoms with Crippen molar-refractivity contribution in [3.8, 4) is 0 Å². The number of rotatable bonds is 5. The Morgan fingerprint density at radius 2 is 1.48 bits per heavy atom. The predicted octanol–water partition coefficient (Wildman–Crippen LogP) is 6.91. The maximum Gasteiger partial charge on any atom is 0.400 e. The second-order valence-corrected chi connectivity index (χ2v) is 10.4. The maximum atomic E-state index is 15.0. The molecule has 176 valence electrons. The molecule has 1 heterocycles. The third kappa shape index (κ3) is 5.25. The minimum atomic E-state index is -4.68. The van der Waals surface area contributed by atoms with Crippen LogP contribution in [0.25, 0.3) is 0 Å². The van der Waals surface area contributed by atoms with Crippen molar-refractivity contribution in [1.29, 1.82) is 0 Å². The zero-order chi connectivity index (χ0) is 22.9. The highest BCUT2D eigenvalue weighted by atomic mass is 35.5. The zero-order valence-corrected chi connectivity index (χ0v) is 20.4. The Hall–Kier alpha value is -1.57. The van der Waals surface area contributed by atoms with Crippen molar-refractivity contribution in [2.24, 2.45) is 0 Å². The molecule has 9 heteroatoms. The van der Waals surface area contributed by atoms with Gasteiger partial charge in [-0.1, -0.05) is 71.7 Å². The summed E-state index contributed by atoms with van der Waals surface area (Å²) in [4.78, 5) is 2.07. The second kappa shape index (κ2) is 10.4. The lowest BCUT2D eigenvalue weighted by atomic mass is 9.78. The SMILES string of the molecule is Cl.O=S(c1ccccc1)C1CN(Cc2ccccc2)CC1(c1cc(Cl)cc(Cl)c1)C(F)(F)F. The standard InChI is InChI=1S/C24H20Cl2F3NOS.ClH/c25-19-11-18(12-20(26)13-19)23(24(27,28)29)16-30(14-17-7-3-1-4-8-17)15-22(23)32(31)21-9-5-2-6-10-21;/h1-13,22H,14-16H2;1H. The molecular weight excluding hydrogens is 514 g/mol. The van der Waals surface area contributed by atoms with Gasteiger partial charge in [-0.25, -0.2) is 0 Å². The van der Waals surface area contributed by atoms with Crippen LogP contribution in [0.2, 0.25) is 10.0 Å². The Labute approximate surface area is 209 Å². The number of halogens is 6. The van der Waals surface area contributed by atoms with Gasteiger partial charge in [0, 0.05) is 34.6 Å². The normalized spacial score (nSPS) is 22.0. The van der Waals surface area contributed by atoms with Gasteiger partial charge in [-0.3, -0.25) is 9.11 Å². The molecule has 1 aliphatic heterocycles. The largest absolute Gasteiger partial charge is 0.400 e. The van der Waals surface area contributed by atoms with Crippen LogP contribution in [0.15, 0.2) is 83.8 Å². The average Bonchev–Trinajstić information content (AvgIpc) is 3.14. The number of likely N-dealkylation sites (tertiary alicyclic amines) is 1. The molecule has 0 saturated carbocycles. The molecule has 1 fully saturated rings. The highest BCUT2D eigenvalue weighted by Gasteiger charge is 2.66. The number of hydrogen-bond donors (Lipinski definition) is 0. The van der Waals surface area contributed by atoms with E-state index in [9.17, 15) is 17.4 Å². The molecule has 2 nitrogen and oxygen atoms in total. The molecule has 0 radical (unpaired) electrons. The second-order valence-electron chi connectivity index (χ2n) is 7.88. The zero-order valence-electron chi connectivity index (χ0n) is 17.3. The van der Waals surface area contributed by atoms with Gasteiger partial charge in [-0.05, 0) is 41.5 Å². The molecule has 0 amide bonds. The first-order valence-electron chi connectivity index (χ1n) is 9.96. The van der Waals surface area contributed by atoms with Crippen LogP contribution in [-0.2, 0) is 22.8 Å². The van der Waals surface area contributed by atoms with Crippen molar-refractivity contribution < 1.29 is 17.4 Å². The molecule has 1 saturated heterocycles. The van der Waals surface area contributed by atoms with Crippen LogP contribution in [0.3, 0.4) is 0 Å². The molecular formula is C24H21Cl3F3NOS. The maximum absolute atomic E-state index is 15.0. The van der Waals surface area contributed by atoms with Gasteiger partial charge in [0.25, 0.3) is 0 Å². The monoisotopic (exact) mass is 533 g/mol. The average molecular weight is 535 g/mol. The molecule has 33 heavy (non-hydrogen) atoms. The first-order valence-corrected chi connectivity index (χ1v) is 11.9. The Balaban J connectivity index is 0.00000306. The molecule has 3 aromatic rings. The number of benzene rings is 3. The van der Waals surface area contributed by atoms with Crippen LogP contribution in [0.4, 0.5) is 13.2 Å². The quantitative estimate of drug-likeness (QED) is 0.355. The lowest BCUT2D eigenvalue weighted by Crippen LogP contribution is -2.53. The Bertz CT molecular complexity index is 1090. The first kappa shape index (κ1) is 26.0. The van der Waals surface area contributed by atoms with Crippen molar-refractivity contribution in [2.75, 3.05) is 13.1 Å². The summed E-state index contributed by atoms with van der Waals surface area (Å²) in [6.07, 6.45) is -4.68. The summed E-state index contributed by atoms with van der Waals surface area (Å²) in [5.41, 5.74) is -1.57. The Morgan fingerprint density at radius 1 is 0.939 bits per heavy atom. The molecule has 0 N–H and O–H groups in total. The molecule has 3 unspecified atom stereocenters. The fourth-order valence-electron chi connectivity index (χ4n) is 4.37. The van der Waals surface area contributed by atoms with Crippen LogP contribution in [0.5, 0.6) is 0 Å². The topological polar surface area (TPSA) is 20.3 Å². The van der Waals surface area contributed by atoms with Gasteiger partial charge in [0.2, 0.25) is 0 Å². The van der Waals surface area contributed by atoms with E-state index in [1.54, 1.807) is 35.2 Å². The molecule has 4 rings (SSSR count). The minimum Gasteiger partial charge on any atom is -0.297 e. The summed E-state index contributed by atoms with van der Waals surface area (Å²) in [5.74, 6) is 0. The van der Waals surface area contributed by atoms with Gasteiger partial charge in [-0.15, -0.1) is 12.4 Å². The summed E-state index contributed by atoms with van der Waals surface area (Å²) in [5, 5.41) is -1.01. The van der Waals surface area contributed by atoms with Gasteiger partial charge in [0.15, 0.2) is 0 Å². The molecule has 0 aliphatic carbocycles. The van der Waals surface area contributed by atoms with Gasteiger partial charge >= 0.3 is 6.18 Å². The number of nitrogens with zero attached hydrogens (tertiary/aromatic N) is 1. The molecule has 0 spiro atoms. The van der Waals surface area contributed by atoms with E-state index in [0.717, 1.165) is 5.56 Å². The van der Waals surface area contributed by atoms with Crippen molar-refractivity contribution in [3.05, 3.63) is 100 Å². The Morgan fingerprint density at radius 3 is 2.03 bits per heavy atom. The summed E-state index contributed by atoms with van der Waals surface area (Å²) < 4.78 is 58.4. The lowest BCUT2D eigenvalue weighted by molar-refractivity contribution is -0.185. The van der Waals surface area contributed by atoms with E-state index in [2.05, 4.69) is 0 Å². The molecule has 0 bridgehead atoms. The molecule has 0 aromatic heterocycles. The van der Waals surface area contributed by atoms with Crippen LogP contribution in [0.1, 0.15) is 11.1 Å². The first-order chi connectivity index (χ1) is 15.2. The van der Waals surface area contributed by atoms with E-state index in [-0.39, 0.29) is 41.1 Å². The van der Waals surface area contributed by atoms with E-state index in [1.165, 1.54) is 18.2 Å². The third-order valence-corrected chi connectivity index (χ3v) is 8.05. The highest BCUT2D eigenvalue weighted by molar-refractivity contribution is 7.85. The minimum absolute atomic E-state index is 0. The third-order valence-electron chi connectivity index (χ3n) is 5.81. The summed E-state index contributed by atoms with van der Waals surface area (Å²) in [6.45, 7) is -0.0131. The number of hydrogen-bond acceptors (Lipinski definition) is 2. The van der Waals surface area contributed by atoms with Crippen LogP contribution in [0, 0.1) is 0 Å². The van der Waals surface area contributed by atoms with E-state index in [1.807, 2.05) is 30.3 Å².